The molecule has 2 atom stereocenters. The third kappa shape index (κ3) is 3.58. The number of carbonyl (C=O) groups is 1. The van der Waals surface area contributed by atoms with E-state index in [2.05, 4.69) is 19.2 Å². The number of benzene rings is 1. The fraction of sp³-hybridized carbons (Fsp3) is 0.562. The van der Waals surface area contributed by atoms with E-state index in [1.54, 1.807) is 0 Å². The standard InChI is InChI=1S/C16H24N2O2/c1-12(2)11-20-10-9-18-13(3)17-15(16(18)19)14-7-5-4-6-8-14/h4-8,12-13,15,17H,9-11H2,1-3H3. The molecule has 1 aromatic rings. The van der Waals surface area contributed by atoms with Crippen molar-refractivity contribution in [2.75, 3.05) is 19.8 Å². The highest BCUT2D eigenvalue weighted by atomic mass is 16.5. The lowest BCUT2D eigenvalue weighted by Crippen LogP contribution is -2.37. The topological polar surface area (TPSA) is 41.6 Å². The van der Waals surface area contributed by atoms with Crippen LogP contribution in [0.2, 0.25) is 0 Å². The minimum atomic E-state index is -0.226. The second-order valence-electron chi connectivity index (χ2n) is 5.69. The Kier molecular flexibility index (Phi) is 5.15. The van der Waals surface area contributed by atoms with Crippen LogP contribution in [0.15, 0.2) is 30.3 Å². The summed E-state index contributed by atoms with van der Waals surface area (Å²) in [6.45, 7) is 8.24. The monoisotopic (exact) mass is 276 g/mol. The van der Waals surface area contributed by atoms with Crippen molar-refractivity contribution in [3.63, 3.8) is 0 Å². The lowest BCUT2D eigenvalue weighted by molar-refractivity contribution is -0.130. The molecule has 0 aromatic heterocycles. The summed E-state index contributed by atoms with van der Waals surface area (Å²) < 4.78 is 5.57. The molecule has 0 saturated carbocycles. The number of hydrogen-bond donors (Lipinski definition) is 1. The summed E-state index contributed by atoms with van der Waals surface area (Å²) in [6.07, 6.45) is 0.0513. The molecular formula is C16H24N2O2. The minimum Gasteiger partial charge on any atom is -0.379 e. The fourth-order valence-electron chi connectivity index (χ4n) is 2.43. The van der Waals surface area contributed by atoms with Gasteiger partial charge in [0.2, 0.25) is 5.91 Å². The van der Waals surface area contributed by atoms with Gasteiger partial charge in [-0.2, -0.15) is 0 Å². The van der Waals surface area contributed by atoms with Gasteiger partial charge in [-0.25, -0.2) is 0 Å². The summed E-state index contributed by atoms with van der Waals surface area (Å²) in [5.41, 5.74) is 1.02. The maximum atomic E-state index is 12.5. The van der Waals surface area contributed by atoms with E-state index in [0.717, 1.165) is 12.2 Å². The first kappa shape index (κ1) is 15.0. The van der Waals surface area contributed by atoms with Crippen LogP contribution in [-0.2, 0) is 9.53 Å². The van der Waals surface area contributed by atoms with Crippen molar-refractivity contribution in [3.05, 3.63) is 35.9 Å². The molecule has 2 unspecified atom stereocenters. The van der Waals surface area contributed by atoms with Crippen molar-refractivity contribution in [1.29, 1.82) is 0 Å². The van der Waals surface area contributed by atoms with Gasteiger partial charge in [-0.1, -0.05) is 44.2 Å². The Bertz CT molecular complexity index is 433. The lowest BCUT2D eigenvalue weighted by Gasteiger charge is -2.20. The van der Waals surface area contributed by atoms with Crippen LogP contribution in [0.5, 0.6) is 0 Å². The van der Waals surface area contributed by atoms with E-state index in [9.17, 15) is 4.79 Å². The average Bonchev–Trinajstić information content (AvgIpc) is 2.71. The quantitative estimate of drug-likeness (QED) is 0.810. The molecule has 1 heterocycles. The molecule has 0 aliphatic carbocycles. The van der Waals surface area contributed by atoms with E-state index >= 15 is 0 Å². The van der Waals surface area contributed by atoms with Gasteiger partial charge in [0.15, 0.2) is 0 Å². The number of nitrogens with one attached hydrogen (secondary N) is 1. The Morgan fingerprint density at radius 3 is 2.65 bits per heavy atom. The van der Waals surface area contributed by atoms with Gasteiger partial charge in [0.1, 0.15) is 6.04 Å². The van der Waals surface area contributed by atoms with Crippen LogP contribution in [0.25, 0.3) is 0 Å². The van der Waals surface area contributed by atoms with Crippen LogP contribution < -0.4 is 5.32 Å². The molecule has 1 aliphatic heterocycles. The Morgan fingerprint density at radius 2 is 2.00 bits per heavy atom. The van der Waals surface area contributed by atoms with Crippen molar-refractivity contribution >= 4 is 5.91 Å². The van der Waals surface area contributed by atoms with Gasteiger partial charge in [-0.05, 0) is 18.4 Å². The summed E-state index contributed by atoms with van der Waals surface area (Å²) in [6, 6.07) is 9.63. The average molecular weight is 276 g/mol. The molecule has 4 heteroatoms. The summed E-state index contributed by atoms with van der Waals surface area (Å²) in [5, 5.41) is 3.34. The van der Waals surface area contributed by atoms with Gasteiger partial charge in [0.25, 0.3) is 0 Å². The highest BCUT2D eigenvalue weighted by molar-refractivity contribution is 5.85. The fourth-order valence-corrected chi connectivity index (χ4v) is 2.43. The molecule has 4 nitrogen and oxygen atoms in total. The third-order valence-corrected chi connectivity index (χ3v) is 3.47. The van der Waals surface area contributed by atoms with Crippen LogP contribution in [0, 0.1) is 5.92 Å². The predicted octanol–water partition coefficient (Wildman–Crippen LogP) is 2.18. The highest BCUT2D eigenvalue weighted by Gasteiger charge is 2.36. The first-order valence-electron chi connectivity index (χ1n) is 7.29. The molecule has 0 radical (unpaired) electrons. The van der Waals surface area contributed by atoms with Gasteiger partial charge < -0.3 is 9.64 Å². The minimum absolute atomic E-state index is 0.0513. The smallest absolute Gasteiger partial charge is 0.245 e. The number of amides is 1. The van der Waals surface area contributed by atoms with Crippen LogP contribution in [-0.4, -0.2) is 36.7 Å². The third-order valence-electron chi connectivity index (χ3n) is 3.47. The van der Waals surface area contributed by atoms with Crippen molar-refractivity contribution < 1.29 is 9.53 Å². The first-order chi connectivity index (χ1) is 9.59. The second-order valence-corrected chi connectivity index (χ2v) is 5.69. The van der Waals surface area contributed by atoms with E-state index < -0.39 is 0 Å². The molecule has 20 heavy (non-hydrogen) atoms. The molecule has 1 fully saturated rings. The Hall–Kier alpha value is -1.39. The summed E-state index contributed by atoms with van der Waals surface area (Å²) >= 11 is 0. The van der Waals surface area contributed by atoms with E-state index in [-0.39, 0.29) is 18.1 Å². The molecule has 0 bridgehead atoms. The Morgan fingerprint density at radius 1 is 1.30 bits per heavy atom. The number of ether oxygens (including phenoxy) is 1. The zero-order valence-corrected chi connectivity index (χ0v) is 12.5. The van der Waals surface area contributed by atoms with Gasteiger partial charge >= 0.3 is 0 Å². The summed E-state index contributed by atoms with van der Waals surface area (Å²) in [5.74, 6) is 0.661. The summed E-state index contributed by atoms with van der Waals surface area (Å²) in [4.78, 5) is 14.3. The van der Waals surface area contributed by atoms with Crippen molar-refractivity contribution in [3.8, 4) is 0 Å². The summed E-state index contributed by atoms with van der Waals surface area (Å²) in [7, 11) is 0. The molecular weight excluding hydrogens is 252 g/mol. The van der Waals surface area contributed by atoms with E-state index in [4.69, 9.17) is 4.74 Å². The van der Waals surface area contributed by atoms with Crippen LogP contribution in [0.4, 0.5) is 0 Å². The number of carbonyl (C=O) groups excluding carboxylic acids is 1. The number of rotatable bonds is 6. The highest BCUT2D eigenvalue weighted by Crippen LogP contribution is 2.23. The predicted molar refractivity (Wildman–Crippen MR) is 79.2 cm³/mol. The van der Waals surface area contributed by atoms with Crippen molar-refractivity contribution in [2.24, 2.45) is 5.92 Å². The van der Waals surface area contributed by atoms with Crippen LogP contribution >= 0.6 is 0 Å². The molecule has 0 spiro atoms. The molecule has 2 rings (SSSR count). The lowest BCUT2D eigenvalue weighted by atomic mass is 10.1. The molecule has 1 aromatic carbocycles. The van der Waals surface area contributed by atoms with E-state index in [0.29, 0.717) is 19.1 Å². The maximum Gasteiger partial charge on any atom is 0.245 e. The molecule has 1 N–H and O–H groups in total. The van der Waals surface area contributed by atoms with Crippen LogP contribution in [0.1, 0.15) is 32.4 Å². The Balaban J connectivity index is 1.90. The van der Waals surface area contributed by atoms with Gasteiger partial charge in [0, 0.05) is 13.2 Å². The molecule has 110 valence electrons. The largest absolute Gasteiger partial charge is 0.379 e. The SMILES string of the molecule is CC(C)COCCN1C(=O)C(c2ccccc2)NC1C. The van der Waals surface area contributed by atoms with Crippen LogP contribution in [0.3, 0.4) is 0 Å². The Labute approximate surface area is 121 Å². The van der Waals surface area contributed by atoms with Gasteiger partial charge in [-0.3, -0.25) is 10.1 Å². The molecule has 1 saturated heterocycles. The molecule has 1 aliphatic rings. The molecule has 1 amide bonds. The van der Waals surface area contributed by atoms with Gasteiger partial charge in [-0.15, -0.1) is 0 Å². The second kappa shape index (κ2) is 6.86. The maximum absolute atomic E-state index is 12.5. The van der Waals surface area contributed by atoms with E-state index in [1.807, 2.05) is 42.2 Å². The zero-order chi connectivity index (χ0) is 14.5. The van der Waals surface area contributed by atoms with Gasteiger partial charge in [0.05, 0.1) is 12.8 Å². The normalized spacial score (nSPS) is 22.8. The van der Waals surface area contributed by atoms with Crippen molar-refractivity contribution in [1.82, 2.24) is 10.2 Å². The van der Waals surface area contributed by atoms with E-state index in [1.165, 1.54) is 0 Å². The first-order valence-corrected chi connectivity index (χ1v) is 7.29. The number of hydrogen-bond acceptors (Lipinski definition) is 3. The van der Waals surface area contributed by atoms with Crippen molar-refractivity contribution in [2.45, 2.75) is 33.0 Å². The zero-order valence-electron chi connectivity index (χ0n) is 12.5. The number of nitrogens with zero attached hydrogens (tertiary/aromatic N) is 1.